The lowest BCUT2D eigenvalue weighted by Crippen LogP contribution is -2.60. The van der Waals surface area contributed by atoms with Gasteiger partial charge in [0, 0.05) is 37.4 Å². The molecule has 4 N–H and O–H groups in total. The zero-order chi connectivity index (χ0) is 40.0. The van der Waals surface area contributed by atoms with Crippen molar-refractivity contribution >= 4 is 46.1 Å². The molecule has 0 unspecified atom stereocenters. The minimum absolute atomic E-state index is 0.000229. The lowest BCUT2D eigenvalue weighted by Gasteiger charge is -2.36. The molecule has 2 saturated carbocycles. The molecule has 2 heterocycles. The van der Waals surface area contributed by atoms with E-state index in [2.05, 4.69) is 31.2 Å². The van der Waals surface area contributed by atoms with Gasteiger partial charge in [0.25, 0.3) is 11.8 Å². The number of Topliss-reactive ketones (excluding diaryl/α,β-unsaturated/α-hetero) is 1. The summed E-state index contributed by atoms with van der Waals surface area (Å²) in [4.78, 5) is 92.3. The van der Waals surface area contributed by atoms with Crippen molar-refractivity contribution in [1.82, 2.24) is 36.1 Å². The van der Waals surface area contributed by atoms with Crippen LogP contribution in [0.5, 0.6) is 0 Å². The van der Waals surface area contributed by atoms with Gasteiger partial charge in [0.15, 0.2) is 0 Å². The number of hydrogen-bond donors (Lipinski definition) is 4. The van der Waals surface area contributed by atoms with Crippen LogP contribution in [-0.2, 0) is 24.0 Å². The fourth-order valence-corrected chi connectivity index (χ4v) is 8.06. The molecule has 0 spiro atoms. The first-order chi connectivity index (χ1) is 26.8. The highest BCUT2D eigenvalue weighted by Gasteiger charge is 2.46. The lowest BCUT2D eigenvalue weighted by molar-refractivity contribution is -0.141. The number of hydrogen-bond acceptors (Lipinski definition) is 8. The van der Waals surface area contributed by atoms with Gasteiger partial charge in [-0.05, 0) is 59.8 Å². The maximum absolute atomic E-state index is 14.7. The Kier molecular flexibility index (Phi) is 12.8. The van der Waals surface area contributed by atoms with Crippen LogP contribution in [0.4, 0.5) is 0 Å². The number of aromatic nitrogens is 2. The molecule has 13 heteroatoms. The summed E-state index contributed by atoms with van der Waals surface area (Å²) >= 11 is 0. The van der Waals surface area contributed by atoms with Crippen molar-refractivity contribution in [2.45, 2.75) is 116 Å². The fraction of sp³-hybridized carbons (Fsp3) is 0.535. The zero-order valence-corrected chi connectivity index (χ0v) is 32.9. The van der Waals surface area contributed by atoms with Gasteiger partial charge in [0.2, 0.25) is 23.5 Å². The number of carbonyl (C=O) groups excluding carboxylic acids is 6. The number of ketones is 1. The quantitative estimate of drug-likeness (QED) is 0.176. The fourth-order valence-electron chi connectivity index (χ4n) is 8.06. The van der Waals surface area contributed by atoms with E-state index in [0.29, 0.717) is 12.8 Å². The smallest absolute Gasteiger partial charge is 0.289 e. The molecule has 2 aromatic carbocycles. The van der Waals surface area contributed by atoms with E-state index in [1.807, 2.05) is 70.2 Å². The Morgan fingerprint density at radius 1 is 0.857 bits per heavy atom. The normalized spacial score (nSPS) is 20.4. The van der Waals surface area contributed by atoms with E-state index in [0.717, 1.165) is 61.3 Å². The Bertz CT molecular complexity index is 1920. The van der Waals surface area contributed by atoms with E-state index < -0.39 is 64.8 Å². The van der Waals surface area contributed by atoms with E-state index in [1.54, 1.807) is 4.90 Å². The van der Waals surface area contributed by atoms with Crippen molar-refractivity contribution in [3.8, 4) is 0 Å². The first-order valence-electron chi connectivity index (χ1n) is 20.1. The molecule has 13 nitrogen and oxygen atoms in total. The Morgan fingerprint density at radius 2 is 1.59 bits per heavy atom. The summed E-state index contributed by atoms with van der Waals surface area (Å²) in [6.45, 7) is 7.75. The Balaban J connectivity index is 1.26. The Morgan fingerprint density at radius 3 is 2.25 bits per heavy atom. The summed E-state index contributed by atoms with van der Waals surface area (Å²) in [6.07, 6.45) is 11.2. The summed E-state index contributed by atoms with van der Waals surface area (Å²) < 4.78 is 0. The van der Waals surface area contributed by atoms with Crippen LogP contribution in [-0.4, -0.2) is 87.4 Å². The number of likely N-dealkylation sites (tertiary alicyclic amines) is 1. The number of fused-ring (bicyclic) bond motifs is 1. The number of benzene rings is 2. The third-order valence-corrected chi connectivity index (χ3v) is 11.4. The molecule has 3 fully saturated rings. The number of carbonyl (C=O) groups is 6. The van der Waals surface area contributed by atoms with E-state index in [4.69, 9.17) is 0 Å². The highest BCUT2D eigenvalue weighted by molar-refractivity contribution is 6.38. The largest absolute Gasteiger partial charge is 0.347 e. The second kappa shape index (κ2) is 17.7. The molecule has 1 saturated heterocycles. The molecular formula is C43H55N7O6. The van der Waals surface area contributed by atoms with Crippen LogP contribution in [0.1, 0.15) is 107 Å². The first-order valence-corrected chi connectivity index (χ1v) is 20.1. The topological polar surface area (TPSA) is 180 Å². The first kappa shape index (κ1) is 40.5. The van der Waals surface area contributed by atoms with Gasteiger partial charge in [0.05, 0.1) is 18.2 Å². The molecule has 1 aromatic heterocycles. The minimum Gasteiger partial charge on any atom is -0.347 e. The highest BCUT2D eigenvalue weighted by Crippen LogP contribution is 2.36. The summed E-state index contributed by atoms with van der Waals surface area (Å²) in [5.41, 5.74) is 0.215. The number of nitrogens with zero attached hydrogens (tertiary/aromatic N) is 3. The maximum Gasteiger partial charge on any atom is 0.289 e. The van der Waals surface area contributed by atoms with Gasteiger partial charge < -0.3 is 26.2 Å². The van der Waals surface area contributed by atoms with Crippen LogP contribution < -0.4 is 21.3 Å². The van der Waals surface area contributed by atoms with E-state index in [-0.39, 0.29) is 36.7 Å². The number of amides is 5. The predicted octanol–water partition coefficient (Wildman–Crippen LogP) is 4.21. The molecule has 1 aliphatic heterocycles. The van der Waals surface area contributed by atoms with Crippen LogP contribution >= 0.6 is 0 Å². The predicted molar refractivity (Wildman–Crippen MR) is 211 cm³/mol. The second-order valence-corrected chi connectivity index (χ2v) is 16.8. The van der Waals surface area contributed by atoms with Crippen molar-refractivity contribution in [3.05, 3.63) is 72.3 Å². The van der Waals surface area contributed by atoms with Gasteiger partial charge in [-0.1, -0.05) is 95.8 Å². The van der Waals surface area contributed by atoms with Gasteiger partial charge in [0.1, 0.15) is 17.8 Å². The average Bonchev–Trinajstić information content (AvgIpc) is 3.90. The Hall–Kier alpha value is -5.20. The monoisotopic (exact) mass is 765 g/mol. The molecule has 0 bridgehead atoms. The minimum atomic E-state index is -0.997. The molecule has 298 valence electrons. The van der Waals surface area contributed by atoms with Crippen LogP contribution in [0.25, 0.3) is 10.8 Å². The lowest BCUT2D eigenvalue weighted by atomic mass is 9.82. The van der Waals surface area contributed by atoms with Crippen LogP contribution in [0.3, 0.4) is 0 Å². The molecule has 3 aromatic rings. The van der Waals surface area contributed by atoms with Crippen LogP contribution in [0.2, 0.25) is 0 Å². The van der Waals surface area contributed by atoms with Crippen molar-refractivity contribution in [1.29, 1.82) is 0 Å². The number of nitrogens with one attached hydrogen (secondary N) is 4. The summed E-state index contributed by atoms with van der Waals surface area (Å²) in [5.74, 6) is -4.38. The van der Waals surface area contributed by atoms with E-state index in [1.165, 1.54) is 18.6 Å². The molecule has 0 radical (unpaired) electrons. The molecule has 56 heavy (non-hydrogen) atoms. The van der Waals surface area contributed by atoms with Crippen molar-refractivity contribution in [2.75, 3.05) is 13.1 Å². The average molecular weight is 766 g/mol. The maximum atomic E-state index is 14.7. The Labute approximate surface area is 328 Å². The summed E-state index contributed by atoms with van der Waals surface area (Å²) in [7, 11) is 0. The summed E-state index contributed by atoms with van der Waals surface area (Å²) in [5, 5.41) is 13.6. The van der Waals surface area contributed by atoms with Crippen LogP contribution in [0, 0.1) is 17.3 Å². The zero-order valence-electron chi connectivity index (χ0n) is 32.9. The van der Waals surface area contributed by atoms with Crippen molar-refractivity contribution in [3.63, 3.8) is 0 Å². The van der Waals surface area contributed by atoms with Crippen molar-refractivity contribution in [2.24, 2.45) is 17.3 Å². The van der Waals surface area contributed by atoms with Gasteiger partial charge in [-0.3, -0.25) is 33.8 Å². The standard InChI is InChI=1S/C43H55N7O6/c1-5-11-33(36(51)41(55)46-30-18-19-30)47-38(52)32-25-50(24-31(32)29-17-16-26-12-9-10-15-28(26)22-29)42(56)37(43(2,3)4)49-40(54)35(27-13-7-6-8-14-27)48-39(53)34-23-44-20-21-45-34/h9-10,12,15-17,20-23,27,30-33,35,37H,5-8,11,13-14,18-19,24-25H2,1-4H3,(H,46,55)(H,47,52)(H,48,53)(H,49,54)/t31-,32+,33-,35+,37-/m1/s1. The van der Waals surface area contributed by atoms with Gasteiger partial charge in [-0.2, -0.15) is 0 Å². The molecule has 5 atom stereocenters. The van der Waals surface area contributed by atoms with Crippen molar-refractivity contribution < 1.29 is 28.8 Å². The third-order valence-electron chi connectivity index (χ3n) is 11.4. The SMILES string of the molecule is CCC[C@@H](NC(=O)[C@H]1CN(C(=O)[C@@H](NC(=O)[C@@H](NC(=O)c2cnccn2)C2CCCCC2)C(C)(C)C)C[C@@H]1c1ccc2ccccc2c1)C(=O)C(=O)NC1CC1. The second-order valence-electron chi connectivity index (χ2n) is 16.8. The van der Waals surface area contributed by atoms with Crippen LogP contribution in [0.15, 0.2) is 61.1 Å². The van der Waals surface area contributed by atoms with E-state index in [9.17, 15) is 28.8 Å². The third kappa shape index (κ3) is 9.78. The summed E-state index contributed by atoms with van der Waals surface area (Å²) in [6, 6.07) is 11.0. The number of rotatable bonds is 14. The molecule has 2 aliphatic carbocycles. The van der Waals surface area contributed by atoms with Gasteiger partial charge in [-0.15, -0.1) is 0 Å². The van der Waals surface area contributed by atoms with Gasteiger partial charge in [-0.25, -0.2) is 4.98 Å². The van der Waals surface area contributed by atoms with E-state index >= 15 is 0 Å². The molecule has 6 rings (SSSR count). The van der Waals surface area contributed by atoms with Gasteiger partial charge >= 0.3 is 0 Å². The highest BCUT2D eigenvalue weighted by atomic mass is 16.2. The molecule has 3 aliphatic rings. The molecular weight excluding hydrogens is 711 g/mol. The molecule has 5 amide bonds.